The number of rotatable bonds is 4. The maximum absolute atomic E-state index is 5.66. The molecule has 0 saturated carbocycles. The molecule has 11 heavy (non-hydrogen) atoms. The first-order valence-corrected chi connectivity index (χ1v) is 5.89. The zero-order chi connectivity index (χ0) is 8.10. The molecule has 0 aromatic heterocycles. The molecule has 2 atom stereocenters. The summed E-state index contributed by atoms with van der Waals surface area (Å²) in [6, 6.07) is 0. The minimum Gasteiger partial charge on any atom is -0.376 e. The average molecular weight is 192 g/mol. The molecule has 1 fully saturated rings. The number of ether oxygens (including phenoxy) is 1. The highest BCUT2D eigenvalue weighted by Crippen LogP contribution is 2.24. The fraction of sp³-hybridized carbons (Fsp3) is 1.00. The molecule has 1 saturated heterocycles. The van der Waals surface area contributed by atoms with E-state index < -0.39 is 0 Å². The van der Waals surface area contributed by atoms with Crippen molar-refractivity contribution < 1.29 is 4.74 Å². The molecule has 0 amide bonds. The Bertz CT molecular complexity index is 108. The van der Waals surface area contributed by atoms with Crippen LogP contribution in [0, 0.1) is 0 Å². The van der Waals surface area contributed by atoms with E-state index in [0.717, 1.165) is 18.1 Å². The Kier molecular flexibility index (Phi) is 4.72. The monoisotopic (exact) mass is 192 g/mol. The largest absolute Gasteiger partial charge is 0.376 e. The number of thioether (sulfide) groups is 1. The summed E-state index contributed by atoms with van der Waals surface area (Å²) in [7, 11) is 0. The van der Waals surface area contributed by atoms with Crippen molar-refractivity contribution in [3.8, 4) is 0 Å². The summed E-state index contributed by atoms with van der Waals surface area (Å²) in [4.78, 5) is 0. The van der Waals surface area contributed by atoms with E-state index in [1.165, 1.54) is 12.8 Å². The highest BCUT2D eigenvalue weighted by atomic mass is 32.2. The van der Waals surface area contributed by atoms with Gasteiger partial charge in [0.15, 0.2) is 0 Å². The summed E-state index contributed by atoms with van der Waals surface area (Å²) >= 11 is 6.39. The van der Waals surface area contributed by atoms with Crippen LogP contribution in [-0.4, -0.2) is 29.5 Å². The van der Waals surface area contributed by atoms with E-state index in [4.69, 9.17) is 4.74 Å². The summed E-state index contributed by atoms with van der Waals surface area (Å²) in [5.74, 6) is 2.29. The van der Waals surface area contributed by atoms with Crippen molar-refractivity contribution in [3.05, 3.63) is 0 Å². The van der Waals surface area contributed by atoms with E-state index in [0.29, 0.717) is 11.4 Å². The van der Waals surface area contributed by atoms with E-state index in [1.54, 1.807) is 0 Å². The SMILES string of the molecule is CCCCO[C@@H]1CSC[C@@H]1S. The minimum absolute atomic E-state index is 0.412. The Morgan fingerprint density at radius 2 is 2.36 bits per heavy atom. The molecule has 0 aromatic carbocycles. The lowest BCUT2D eigenvalue weighted by Crippen LogP contribution is -2.22. The summed E-state index contributed by atoms with van der Waals surface area (Å²) in [6.45, 7) is 3.10. The van der Waals surface area contributed by atoms with Crippen molar-refractivity contribution in [2.24, 2.45) is 0 Å². The van der Waals surface area contributed by atoms with Gasteiger partial charge >= 0.3 is 0 Å². The van der Waals surface area contributed by atoms with Crippen LogP contribution in [0.5, 0.6) is 0 Å². The maximum Gasteiger partial charge on any atom is 0.0789 e. The van der Waals surface area contributed by atoms with Gasteiger partial charge in [-0.05, 0) is 6.42 Å². The van der Waals surface area contributed by atoms with Crippen LogP contribution in [0.3, 0.4) is 0 Å². The molecule has 1 rings (SSSR count). The third kappa shape index (κ3) is 3.26. The molecule has 1 nitrogen and oxygen atoms in total. The number of unbranched alkanes of at least 4 members (excludes halogenated alkanes) is 1. The van der Waals surface area contributed by atoms with Crippen molar-refractivity contribution in [2.75, 3.05) is 18.1 Å². The van der Waals surface area contributed by atoms with Crippen LogP contribution in [0.15, 0.2) is 0 Å². The normalized spacial score (nSPS) is 31.1. The Balaban J connectivity index is 2.05. The fourth-order valence-electron chi connectivity index (χ4n) is 1.06. The molecule has 1 aliphatic rings. The third-order valence-corrected chi connectivity index (χ3v) is 3.75. The minimum atomic E-state index is 0.412. The standard InChI is InChI=1S/C8H16OS2/c1-2-3-4-9-7-5-11-6-8(7)10/h7-8,10H,2-6H2,1H3/t7-,8+/m1/s1. The predicted molar refractivity (Wildman–Crippen MR) is 54.7 cm³/mol. The topological polar surface area (TPSA) is 9.23 Å². The van der Waals surface area contributed by atoms with E-state index in [9.17, 15) is 0 Å². The van der Waals surface area contributed by atoms with Gasteiger partial charge in [0.2, 0.25) is 0 Å². The van der Waals surface area contributed by atoms with Gasteiger partial charge in [-0.1, -0.05) is 13.3 Å². The van der Waals surface area contributed by atoms with Crippen molar-refractivity contribution in [2.45, 2.75) is 31.1 Å². The van der Waals surface area contributed by atoms with Gasteiger partial charge < -0.3 is 4.74 Å². The van der Waals surface area contributed by atoms with Gasteiger partial charge in [0.05, 0.1) is 6.10 Å². The Morgan fingerprint density at radius 1 is 1.55 bits per heavy atom. The molecular weight excluding hydrogens is 176 g/mol. The van der Waals surface area contributed by atoms with Gasteiger partial charge in [0.1, 0.15) is 0 Å². The van der Waals surface area contributed by atoms with E-state index in [2.05, 4.69) is 19.6 Å². The lowest BCUT2D eigenvalue weighted by Gasteiger charge is -2.14. The second-order valence-electron chi connectivity index (χ2n) is 2.87. The molecule has 0 radical (unpaired) electrons. The number of hydrogen-bond acceptors (Lipinski definition) is 3. The van der Waals surface area contributed by atoms with Crippen LogP contribution in [0.1, 0.15) is 19.8 Å². The first kappa shape index (κ1) is 9.75. The molecule has 0 unspecified atom stereocenters. The lowest BCUT2D eigenvalue weighted by molar-refractivity contribution is 0.0729. The van der Waals surface area contributed by atoms with Crippen LogP contribution in [0.2, 0.25) is 0 Å². The summed E-state index contributed by atoms with van der Waals surface area (Å²) in [5.41, 5.74) is 0. The molecule has 3 heteroatoms. The Labute approximate surface area is 78.7 Å². The van der Waals surface area contributed by atoms with Gasteiger partial charge in [0, 0.05) is 23.4 Å². The highest BCUT2D eigenvalue weighted by Gasteiger charge is 2.24. The van der Waals surface area contributed by atoms with Crippen molar-refractivity contribution in [1.29, 1.82) is 0 Å². The van der Waals surface area contributed by atoms with E-state index in [1.807, 2.05) is 11.8 Å². The van der Waals surface area contributed by atoms with Gasteiger partial charge in [-0.2, -0.15) is 24.4 Å². The van der Waals surface area contributed by atoms with Gasteiger partial charge in [-0.3, -0.25) is 0 Å². The molecule has 0 N–H and O–H groups in total. The van der Waals surface area contributed by atoms with Crippen LogP contribution >= 0.6 is 24.4 Å². The first-order valence-electron chi connectivity index (χ1n) is 4.22. The van der Waals surface area contributed by atoms with Crippen molar-refractivity contribution in [3.63, 3.8) is 0 Å². The molecule has 0 aliphatic carbocycles. The van der Waals surface area contributed by atoms with Crippen LogP contribution in [0.4, 0.5) is 0 Å². The van der Waals surface area contributed by atoms with Crippen molar-refractivity contribution >= 4 is 24.4 Å². The number of hydrogen-bond donors (Lipinski definition) is 1. The van der Waals surface area contributed by atoms with Crippen LogP contribution < -0.4 is 0 Å². The fourth-order valence-corrected chi connectivity index (χ4v) is 2.86. The average Bonchev–Trinajstić information content (AvgIpc) is 2.37. The molecule has 0 spiro atoms. The molecule has 0 bridgehead atoms. The van der Waals surface area contributed by atoms with Crippen LogP contribution in [0.25, 0.3) is 0 Å². The van der Waals surface area contributed by atoms with Gasteiger partial charge in [0.25, 0.3) is 0 Å². The van der Waals surface area contributed by atoms with E-state index >= 15 is 0 Å². The smallest absolute Gasteiger partial charge is 0.0789 e. The number of thiol groups is 1. The summed E-state index contributed by atoms with van der Waals surface area (Å²) in [6.07, 6.45) is 2.81. The first-order chi connectivity index (χ1) is 5.34. The predicted octanol–water partition coefficient (Wildman–Crippen LogP) is 2.22. The van der Waals surface area contributed by atoms with Crippen LogP contribution in [-0.2, 0) is 4.74 Å². The molecule has 0 aromatic rings. The molecular formula is C8H16OS2. The van der Waals surface area contributed by atoms with Crippen molar-refractivity contribution in [1.82, 2.24) is 0 Å². The highest BCUT2D eigenvalue weighted by molar-refractivity contribution is 8.00. The Morgan fingerprint density at radius 3 is 2.91 bits per heavy atom. The Hall–Kier alpha value is 0.660. The second kappa shape index (κ2) is 5.33. The summed E-state index contributed by atoms with van der Waals surface area (Å²) in [5, 5.41) is 0.469. The third-order valence-electron chi connectivity index (χ3n) is 1.83. The van der Waals surface area contributed by atoms with Gasteiger partial charge in [-0.25, -0.2) is 0 Å². The molecule has 66 valence electrons. The maximum atomic E-state index is 5.66. The lowest BCUT2D eigenvalue weighted by atomic mass is 10.3. The molecule has 1 aliphatic heterocycles. The quantitative estimate of drug-likeness (QED) is 0.540. The second-order valence-corrected chi connectivity index (χ2v) is 4.61. The van der Waals surface area contributed by atoms with E-state index in [-0.39, 0.29) is 0 Å². The zero-order valence-corrected chi connectivity index (χ0v) is 8.66. The zero-order valence-electron chi connectivity index (χ0n) is 6.95. The summed E-state index contributed by atoms with van der Waals surface area (Å²) < 4.78 is 5.66. The van der Waals surface area contributed by atoms with Gasteiger partial charge in [-0.15, -0.1) is 0 Å². The molecule has 1 heterocycles.